The lowest BCUT2D eigenvalue weighted by atomic mass is 10.1. The molecule has 1 aliphatic heterocycles. The van der Waals surface area contributed by atoms with Crippen molar-refractivity contribution in [1.82, 2.24) is 9.88 Å². The normalized spacial score (nSPS) is 14.6. The third kappa shape index (κ3) is 2.67. The highest BCUT2D eigenvalue weighted by molar-refractivity contribution is 6.30. The summed E-state index contributed by atoms with van der Waals surface area (Å²) in [6.07, 6.45) is 1.46. The average molecular weight is 316 g/mol. The van der Waals surface area contributed by atoms with Crippen molar-refractivity contribution < 1.29 is 9.59 Å². The van der Waals surface area contributed by atoms with Gasteiger partial charge in [-0.05, 0) is 30.7 Å². The highest BCUT2D eigenvalue weighted by Crippen LogP contribution is 2.24. The van der Waals surface area contributed by atoms with Crippen LogP contribution < -0.4 is 5.32 Å². The second-order valence-electron chi connectivity index (χ2n) is 5.12. The number of nitrogens with one attached hydrogen (secondary N) is 1. The lowest BCUT2D eigenvalue weighted by molar-refractivity contribution is -0.120. The summed E-state index contributed by atoms with van der Waals surface area (Å²) in [5, 5.41) is 3.19. The zero-order valence-electron chi connectivity index (χ0n) is 11.9. The Balaban J connectivity index is 1.72. The van der Waals surface area contributed by atoms with Crippen LogP contribution in [0.25, 0.3) is 0 Å². The van der Waals surface area contributed by atoms with Crippen LogP contribution in [0.1, 0.15) is 22.8 Å². The van der Waals surface area contributed by atoms with E-state index in [0.717, 1.165) is 5.56 Å². The van der Waals surface area contributed by atoms with Crippen LogP contribution in [0.15, 0.2) is 42.6 Å². The van der Waals surface area contributed by atoms with Gasteiger partial charge < -0.3 is 10.2 Å². The molecular weight excluding hydrogens is 302 g/mol. The number of benzene rings is 1. The van der Waals surface area contributed by atoms with E-state index in [2.05, 4.69) is 10.3 Å². The third-order valence-electron chi connectivity index (χ3n) is 3.67. The first-order chi connectivity index (χ1) is 10.6. The predicted octanol–water partition coefficient (Wildman–Crippen LogP) is 2.72. The molecule has 0 saturated carbocycles. The molecule has 1 aromatic carbocycles. The van der Waals surface area contributed by atoms with E-state index in [-0.39, 0.29) is 11.8 Å². The van der Waals surface area contributed by atoms with E-state index in [0.29, 0.717) is 22.9 Å². The maximum Gasteiger partial charge on any atom is 0.255 e. The molecule has 22 heavy (non-hydrogen) atoms. The standard InChI is InChI=1S/C16H14ClN3O2/c1-10(15(21)19-14-7-6-12(17)8-18-14)20-9-11-4-2-3-5-13(11)16(20)22/h2-8,10H,9H2,1H3,(H,18,19,21)/t10-/m1/s1. The van der Waals surface area contributed by atoms with Gasteiger partial charge in [-0.3, -0.25) is 9.59 Å². The number of halogens is 1. The molecule has 0 spiro atoms. The molecule has 0 radical (unpaired) electrons. The molecule has 0 aliphatic carbocycles. The Morgan fingerprint density at radius 2 is 2.09 bits per heavy atom. The number of pyridine rings is 1. The number of carbonyl (C=O) groups is 2. The molecule has 0 bridgehead atoms. The van der Waals surface area contributed by atoms with Crippen molar-refractivity contribution in [2.24, 2.45) is 0 Å². The van der Waals surface area contributed by atoms with Gasteiger partial charge >= 0.3 is 0 Å². The van der Waals surface area contributed by atoms with E-state index in [4.69, 9.17) is 11.6 Å². The molecular formula is C16H14ClN3O2. The molecule has 0 fully saturated rings. The summed E-state index contributed by atoms with van der Waals surface area (Å²) in [6.45, 7) is 2.15. The van der Waals surface area contributed by atoms with Gasteiger partial charge in [0, 0.05) is 18.3 Å². The highest BCUT2D eigenvalue weighted by atomic mass is 35.5. The summed E-state index contributed by atoms with van der Waals surface area (Å²) in [5.41, 5.74) is 1.60. The van der Waals surface area contributed by atoms with E-state index in [1.165, 1.54) is 6.20 Å². The Kier molecular flexibility index (Phi) is 3.81. The predicted molar refractivity (Wildman–Crippen MR) is 83.7 cm³/mol. The summed E-state index contributed by atoms with van der Waals surface area (Å²) >= 11 is 5.76. The van der Waals surface area contributed by atoms with Crippen molar-refractivity contribution in [3.05, 3.63) is 58.7 Å². The van der Waals surface area contributed by atoms with Crippen LogP contribution in [-0.4, -0.2) is 27.7 Å². The van der Waals surface area contributed by atoms with E-state index in [1.807, 2.05) is 18.2 Å². The Morgan fingerprint density at radius 3 is 2.77 bits per heavy atom. The van der Waals surface area contributed by atoms with Crippen LogP contribution in [-0.2, 0) is 11.3 Å². The number of rotatable bonds is 3. The van der Waals surface area contributed by atoms with Gasteiger partial charge in [-0.15, -0.1) is 0 Å². The van der Waals surface area contributed by atoms with Gasteiger partial charge in [-0.25, -0.2) is 4.98 Å². The summed E-state index contributed by atoms with van der Waals surface area (Å²) in [5.74, 6) is 0.00343. The van der Waals surface area contributed by atoms with Crippen LogP contribution in [0.2, 0.25) is 5.02 Å². The minimum atomic E-state index is -0.586. The molecule has 1 aromatic heterocycles. The number of hydrogen-bond donors (Lipinski definition) is 1. The van der Waals surface area contributed by atoms with Gasteiger partial charge in [0.05, 0.1) is 5.02 Å². The minimum absolute atomic E-state index is 0.123. The van der Waals surface area contributed by atoms with Crippen LogP contribution in [0.3, 0.4) is 0 Å². The molecule has 2 heterocycles. The number of hydrogen-bond acceptors (Lipinski definition) is 3. The number of fused-ring (bicyclic) bond motifs is 1. The third-order valence-corrected chi connectivity index (χ3v) is 3.90. The van der Waals surface area contributed by atoms with Gasteiger partial charge in [-0.1, -0.05) is 29.8 Å². The number of amides is 2. The van der Waals surface area contributed by atoms with E-state index in [1.54, 1.807) is 30.0 Å². The molecule has 0 unspecified atom stereocenters. The fraction of sp³-hybridized carbons (Fsp3) is 0.188. The zero-order valence-corrected chi connectivity index (χ0v) is 12.7. The smallest absolute Gasteiger partial charge is 0.255 e. The van der Waals surface area contributed by atoms with Gasteiger partial charge in [0.2, 0.25) is 5.91 Å². The fourth-order valence-electron chi connectivity index (χ4n) is 2.41. The first-order valence-electron chi connectivity index (χ1n) is 6.87. The molecule has 5 nitrogen and oxygen atoms in total. The van der Waals surface area contributed by atoms with Crippen molar-refractivity contribution in [2.75, 3.05) is 5.32 Å². The maximum atomic E-state index is 12.4. The SMILES string of the molecule is C[C@H](C(=O)Nc1ccc(Cl)cn1)N1Cc2ccccc2C1=O. The summed E-state index contributed by atoms with van der Waals surface area (Å²) < 4.78 is 0. The van der Waals surface area contributed by atoms with Gasteiger partial charge in [0.15, 0.2) is 0 Å². The Bertz CT molecular complexity index is 730. The van der Waals surface area contributed by atoms with Crippen LogP contribution >= 0.6 is 11.6 Å². The van der Waals surface area contributed by atoms with E-state index in [9.17, 15) is 9.59 Å². The molecule has 1 N–H and O–H groups in total. The van der Waals surface area contributed by atoms with Gasteiger partial charge in [0.1, 0.15) is 11.9 Å². The minimum Gasteiger partial charge on any atom is -0.323 e. The molecule has 6 heteroatoms. The number of nitrogens with zero attached hydrogens (tertiary/aromatic N) is 2. The number of carbonyl (C=O) groups excluding carboxylic acids is 2. The van der Waals surface area contributed by atoms with E-state index < -0.39 is 6.04 Å². The molecule has 0 saturated heterocycles. The zero-order chi connectivity index (χ0) is 15.7. The van der Waals surface area contributed by atoms with Crippen LogP contribution in [0, 0.1) is 0 Å². The molecule has 3 rings (SSSR count). The van der Waals surface area contributed by atoms with Crippen molar-refractivity contribution >= 4 is 29.2 Å². The topological polar surface area (TPSA) is 62.3 Å². The number of aromatic nitrogens is 1. The lowest BCUT2D eigenvalue weighted by Crippen LogP contribution is -2.42. The molecule has 1 aliphatic rings. The van der Waals surface area contributed by atoms with Crippen molar-refractivity contribution in [2.45, 2.75) is 19.5 Å². The second kappa shape index (κ2) is 5.77. The van der Waals surface area contributed by atoms with Crippen molar-refractivity contribution in [3.63, 3.8) is 0 Å². The summed E-state index contributed by atoms with van der Waals surface area (Å²) in [7, 11) is 0. The number of anilines is 1. The van der Waals surface area contributed by atoms with Crippen LogP contribution in [0.4, 0.5) is 5.82 Å². The molecule has 112 valence electrons. The monoisotopic (exact) mass is 315 g/mol. The average Bonchev–Trinajstić information content (AvgIpc) is 2.86. The van der Waals surface area contributed by atoms with E-state index >= 15 is 0 Å². The quantitative estimate of drug-likeness (QED) is 0.947. The molecule has 2 amide bonds. The molecule has 1 atom stereocenters. The largest absolute Gasteiger partial charge is 0.323 e. The molecule has 2 aromatic rings. The maximum absolute atomic E-state index is 12.4. The second-order valence-corrected chi connectivity index (χ2v) is 5.55. The Morgan fingerprint density at radius 1 is 1.32 bits per heavy atom. The van der Waals surface area contributed by atoms with Gasteiger partial charge in [-0.2, -0.15) is 0 Å². The van der Waals surface area contributed by atoms with Crippen LogP contribution in [0.5, 0.6) is 0 Å². The Labute approximate surface area is 132 Å². The van der Waals surface area contributed by atoms with Gasteiger partial charge in [0.25, 0.3) is 5.91 Å². The first kappa shape index (κ1) is 14.5. The van der Waals surface area contributed by atoms with Crippen molar-refractivity contribution in [3.8, 4) is 0 Å². The summed E-state index contributed by atoms with van der Waals surface area (Å²) in [6, 6.07) is 10.1. The summed E-state index contributed by atoms with van der Waals surface area (Å²) in [4.78, 5) is 30.2. The highest BCUT2D eigenvalue weighted by Gasteiger charge is 2.33. The first-order valence-corrected chi connectivity index (χ1v) is 7.25. The fourth-order valence-corrected chi connectivity index (χ4v) is 2.52. The van der Waals surface area contributed by atoms with Crippen molar-refractivity contribution in [1.29, 1.82) is 0 Å². The lowest BCUT2D eigenvalue weighted by Gasteiger charge is -2.23. The Hall–Kier alpha value is -2.40.